The number of ketones is 1. The quantitative estimate of drug-likeness (QED) is 0.811. The highest BCUT2D eigenvalue weighted by molar-refractivity contribution is 6.00. The Morgan fingerprint density at radius 1 is 1.29 bits per heavy atom. The number of hydrogen-bond acceptors (Lipinski definition) is 3. The first-order valence-electron chi connectivity index (χ1n) is 5.65. The Labute approximate surface area is 100 Å². The normalized spacial score (nSPS) is 10.2. The van der Waals surface area contributed by atoms with Crippen LogP contribution in [0.2, 0.25) is 0 Å². The van der Waals surface area contributed by atoms with E-state index in [-0.39, 0.29) is 5.78 Å². The molecule has 0 atom stereocenters. The number of hydrogen-bond donors (Lipinski definition) is 1. The molecule has 1 N–H and O–H groups in total. The zero-order chi connectivity index (χ0) is 12.3. The van der Waals surface area contributed by atoms with Gasteiger partial charge in [-0.15, -0.1) is 0 Å². The second-order valence-electron chi connectivity index (χ2n) is 3.87. The minimum Gasteiger partial charge on any atom is -0.448 e. The van der Waals surface area contributed by atoms with Crippen LogP contribution in [0.15, 0.2) is 41.0 Å². The van der Waals surface area contributed by atoms with Crippen LogP contribution in [0.5, 0.6) is 0 Å². The highest BCUT2D eigenvalue weighted by Crippen LogP contribution is 2.26. The van der Waals surface area contributed by atoms with Crippen molar-refractivity contribution < 1.29 is 9.21 Å². The maximum absolute atomic E-state index is 11.6. The Balaban J connectivity index is 2.33. The minimum absolute atomic E-state index is 0.0223. The molecule has 0 bridgehead atoms. The van der Waals surface area contributed by atoms with E-state index in [1.54, 1.807) is 13.2 Å². The van der Waals surface area contributed by atoms with E-state index in [1.807, 2.05) is 37.3 Å². The Morgan fingerprint density at radius 2 is 2.00 bits per heavy atom. The van der Waals surface area contributed by atoms with Crippen LogP contribution >= 0.6 is 0 Å². The first-order chi connectivity index (χ1) is 8.22. The van der Waals surface area contributed by atoms with Crippen LogP contribution in [-0.4, -0.2) is 5.78 Å². The molecule has 2 aromatic rings. The molecule has 0 fully saturated rings. The van der Waals surface area contributed by atoms with Gasteiger partial charge in [-0.3, -0.25) is 4.79 Å². The van der Waals surface area contributed by atoms with Crippen LogP contribution in [0.1, 0.15) is 29.8 Å². The molecule has 0 aliphatic heterocycles. The van der Waals surface area contributed by atoms with Gasteiger partial charge in [0.1, 0.15) is 0 Å². The zero-order valence-corrected chi connectivity index (χ0v) is 9.99. The summed E-state index contributed by atoms with van der Waals surface area (Å²) in [4.78, 5) is 11.6. The number of Topliss-reactive ketones (excluding diaryl/α,β-unsaturated/α-hetero) is 1. The Bertz CT molecular complexity index is 514. The summed E-state index contributed by atoms with van der Waals surface area (Å²) in [5, 5.41) is 3.12. The lowest BCUT2D eigenvalue weighted by atomic mass is 10.1. The fourth-order valence-corrected chi connectivity index (χ4v) is 1.78. The Kier molecular flexibility index (Phi) is 3.28. The number of anilines is 2. The molecule has 1 aromatic heterocycles. The van der Waals surface area contributed by atoms with Crippen molar-refractivity contribution in [2.45, 2.75) is 20.3 Å². The van der Waals surface area contributed by atoms with Crippen LogP contribution in [-0.2, 0) is 6.42 Å². The number of para-hydroxylation sites is 1. The van der Waals surface area contributed by atoms with Crippen molar-refractivity contribution >= 4 is 17.4 Å². The number of carbonyl (C=O) groups excluding carboxylic acids is 1. The topological polar surface area (TPSA) is 42.2 Å². The smallest absolute Gasteiger partial charge is 0.208 e. The maximum atomic E-state index is 11.6. The van der Waals surface area contributed by atoms with Crippen molar-refractivity contribution in [3.63, 3.8) is 0 Å². The van der Waals surface area contributed by atoms with Gasteiger partial charge in [-0.2, -0.15) is 0 Å². The van der Waals surface area contributed by atoms with Gasteiger partial charge in [0.15, 0.2) is 5.78 Å². The standard InChI is InChI=1S/C14H15NO2/c1-3-11-9-17-14(13(11)10(2)16)15-12-7-5-4-6-8-12/h4-9,15H,3H2,1-2H3. The number of rotatable bonds is 4. The Hall–Kier alpha value is -2.03. The molecule has 3 nitrogen and oxygen atoms in total. The van der Waals surface area contributed by atoms with E-state index in [2.05, 4.69) is 5.32 Å². The molecule has 0 spiro atoms. The van der Waals surface area contributed by atoms with Crippen molar-refractivity contribution in [2.75, 3.05) is 5.32 Å². The molecular formula is C14H15NO2. The van der Waals surface area contributed by atoms with Gasteiger partial charge in [-0.05, 0) is 25.5 Å². The number of aryl methyl sites for hydroxylation is 1. The minimum atomic E-state index is 0.0223. The molecule has 1 aromatic carbocycles. The lowest BCUT2D eigenvalue weighted by molar-refractivity contribution is 0.101. The number of benzene rings is 1. The SMILES string of the molecule is CCc1coc(Nc2ccccc2)c1C(C)=O. The van der Waals surface area contributed by atoms with Crippen LogP contribution < -0.4 is 5.32 Å². The molecular weight excluding hydrogens is 214 g/mol. The average molecular weight is 229 g/mol. The molecule has 0 aliphatic carbocycles. The third-order valence-corrected chi connectivity index (χ3v) is 2.63. The van der Waals surface area contributed by atoms with E-state index in [9.17, 15) is 4.79 Å². The largest absolute Gasteiger partial charge is 0.448 e. The van der Waals surface area contributed by atoms with Crippen LogP contribution in [0.25, 0.3) is 0 Å². The highest BCUT2D eigenvalue weighted by Gasteiger charge is 2.16. The van der Waals surface area contributed by atoms with Crippen molar-refractivity contribution in [2.24, 2.45) is 0 Å². The van der Waals surface area contributed by atoms with Gasteiger partial charge in [-0.1, -0.05) is 25.1 Å². The highest BCUT2D eigenvalue weighted by atomic mass is 16.3. The van der Waals surface area contributed by atoms with Gasteiger partial charge in [0, 0.05) is 11.3 Å². The summed E-state index contributed by atoms with van der Waals surface area (Å²) in [6.45, 7) is 3.56. The fourth-order valence-electron chi connectivity index (χ4n) is 1.78. The van der Waals surface area contributed by atoms with Gasteiger partial charge >= 0.3 is 0 Å². The summed E-state index contributed by atoms with van der Waals surface area (Å²) in [5.41, 5.74) is 2.50. The van der Waals surface area contributed by atoms with E-state index in [0.29, 0.717) is 11.4 Å². The molecule has 17 heavy (non-hydrogen) atoms. The maximum Gasteiger partial charge on any atom is 0.208 e. The number of carbonyl (C=O) groups is 1. The predicted molar refractivity (Wildman–Crippen MR) is 67.8 cm³/mol. The molecule has 2 rings (SSSR count). The second kappa shape index (κ2) is 4.87. The number of furan rings is 1. The van der Waals surface area contributed by atoms with E-state index < -0.39 is 0 Å². The summed E-state index contributed by atoms with van der Waals surface area (Å²) in [5.74, 6) is 0.551. The zero-order valence-electron chi connectivity index (χ0n) is 9.99. The summed E-state index contributed by atoms with van der Waals surface area (Å²) >= 11 is 0. The summed E-state index contributed by atoms with van der Waals surface area (Å²) < 4.78 is 5.42. The molecule has 0 saturated heterocycles. The first kappa shape index (κ1) is 11.5. The summed E-state index contributed by atoms with van der Waals surface area (Å²) in [6.07, 6.45) is 2.43. The molecule has 3 heteroatoms. The molecule has 88 valence electrons. The monoisotopic (exact) mass is 229 g/mol. The van der Waals surface area contributed by atoms with E-state index in [4.69, 9.17) is 4.42 Å². The van der Waals surface area contributed by atoms with Gasteiger partial charge in [-0.25, -0.2) is 0 Å². The van der Waals surface area contributed by atoms with Crippen molar-refractivity contribution in [3.8, 4) is 0 Å². The van der Waals surface area contributed by atoms with Crippen LogP contribution in [0, 0.1) is 0 Å². The van der Waals surface area contributed by atoms with E-state index in [1.165, 1.54) is 0 Å². The Morgan fingerprint density at radius 3 is 2.59 bits per heavy atom. The van der Waals surface area contributed by atoms with Gasteiger partial charge < -0.3 is 9.73 Å². The van der Waals surface area contributed by atoms with Crippen LogP contribution in [0.3, 0.4) is 0 Å². The first-order valence-corrected chi connectivity index (χ1v) is 5.65. The lowest BCUT2D eigenvalue weighted by Crippen LogP contribution is -2.00. The van der Waals surface area contributed by atoms with Crippen molar-refractivity contribution in [1.29, 1.82) is 0 Å². The lowest BCUT2D eigenvalue weighted by Gasteiger charge is -2.04. The van der Waals surface area contributed by atoms with Crippen LogP contribution in [0.4, 0.5) is 11.6 Å². The molecule has 0 saturated carbocycles. The third kappa shape index (κ3) is 2.38. The van der Waals surface area contributed by atoms with E-state index in [0.717, 1.165) is 17.7 Å². The van der Waals surface area contributed by atoms with Crippen molar-refractivity contribution in [1.82, 2.24) is 0 Å². The average Bonchev–Trinajstić information content (AvgIpc) is 2.73. The molecule has 0 unspecified atom stereocenters. The van der Waals surface area contributed by atoms with Crippen molar-refractivity contribution in [3.05, 3.63) is 47.7 Å². The third-order valence-electron chi connectivity index (χ3n) is 2.63. The second-order valence-corrected chi connectivity index (χ2v) is 3.87. The summed E-state index contributed by atoms with van der Waals surface area (Å²) in [7, 11) is 0. The van der Waals surface area contributed by atoms with Gasteiger partial charge in [0.05, 0.1) is 11.8 Å². The fraction of sp³-hybridized carbons (Fsp3) is 0.214. The molecule has 1 heterocycles. The predicted octanol–water partition coefficient (Wildman–Crippen LogP) is 3.79. The van der Waals surface area contributed by atoms with Gasteiger partial charge in [0.25, 0.3) is 0 Å². The molecule has 0 aliphatic rings. The van der Waals surface area contributed by atoms with Gasteiger partial charge in [0.2, 0.25) is 5.88 Å². The van der Waals surface area contributed by atoms with E-state index >= 15 is 0 Å². The molecule has 0 radical (unpaired) electrons. The molecule has 0 amide bonds. The summed E-state index contributed by atoms with van der Waals surface area (Å²) in [6, 6.07) is 9.66. The number of nitrogens with one attached hydrogen (secondary N) is 1.